The Morgan fingerprint density at radius 2 is 1.12 bits per heavy atom. The molecule has 6 aromatic carbocycles. The van der Waals surface area contributed by atoms with Gasteiger partial charge in [-0.25, -0.2) is 24.1 Å². The molecule has 0 aromatic heterocycles. The van der Waals surface area contributed by atoms with E-state index in [0.717, 1.165) is 87.1 Å². The van der Waals surface area contributed by atoms with E-state index in [1.165, 1.54) is 55.5 Å². The summed E-state index contributed by atoms with van der Waals surface area (Å²) in [5, 5.41) is 18.1. The largest absolute Gasteiger partial charge is 0.493 e. The Hall–Kier alpha value is -12.1. The van der Waals surface area contributed by atoms with Crippen molar-refractivity contribution < 1.29 is 134 Å². The lowest BCUT2D eigenvalue weighted by molar-refractivity contribution is -0.282. The molecule has 654 valence electrons. The van der Waals surface area contributed by atoms with Gasteiger partial charge in [-0.05, 0) is 119 Å². The maximum atomic E-state index is 15.1. The topological polar surface area (TPSA) is 385 Å². The monoisotopic (exact) mass is 1700 g/mol. The lowest BCUT2D eigenvalue weighted by atomic mass is 9.97. The van der Waals surface area contributed by atoms with Gasteiger partial charge < -0.3 is 106 Å². The highest BCUT2D eigenvalue weighted by Gasteiger charge is 2.60. The summed E-state index contributed by atoms with van der Waals surface area (Å²) < 4.78 is 98.6. The fourth-order valence-electron chi connectivity index (χ4n) is 16.7. The molecule has 8 atom stereocenters. The molecule has 0 unspecified atom stereocenters. The maximum Gasteiger partial charge on any atom is 0.416 e. The van der Waals surface area contributed by atoms with Crippen LogP contribution in [0, 0.1) is 10.8 Å². The number of aliphatic hydroxyl groups excluding tert-OH is 1. The number of nitrogens with one attached hydrogen (secondary N) is 2. The van der Waals surface area contributed by atoms with Crippen LogP contribution in [0.1, 0.15) is 120 Å². The predicted octanol–water partition coefficient (Wildman–Crippen LogP) is 9.47. The second kappa shape index (κ2) is 39.0. The summed E-state index contributed by atoms with van der Waals surface area (Å²) in [6.45, 7) is 9.02. The van der Waals surface area contributed by atoms with Crippen LogP contribution in [0.2, 0.25) is 0 Å². The van der Waals surface area contributed by atoms with Gasteiger partial charge in [0.05, 0.1) is 121 Å². The molecule has 3 aliphatic carbocycles. The van der Waals surface area contributed by atoms with Gasteiger partial charge in [-0.1, -0.05) is 85.5 Å². The lowest BCUT2D eigenvalue weighted by Gasteiger charge is -2.43. The maximum absolute atomic E-state index is 15.1. The van der Waals surface area contributed by atoms with E-state index >= 15 is 4.79 Å². The van der Waals surface area contributed by atoms with Crippen LogP contribution in [-0.2, 0) is 101 Å². The van der Waals surface area contributed by atoms with Gasteiger partial charge in [0, 0.05) is 65.0 Å². The molecule has 5 fully saturated rings. The van der Waals surface area contributed by atoms with Crippen LogP contribution < -0.4 is 44.1 Å². The zero-order chi connectivity index (χ0) is 86.6. The molecule has 0 bridgehead atoms. The Morgan fingerprint density at radius 3 is 1.73 bits per heavy atom. The van der Waals surface area contributed by atoms with Crippen LogP contribution in [-0.4, -0.2) is 237 Å². The first-order chi connectivity index (χ1) is 59.5. The molecule has 2 spiro atoms. The van der Waals surface area contributed by atoms with Crippen molar-refractivity contribution in [3.05, 3.63) is 167 Å². The third kappa shape index (κ3) is 20.3. The van der Waals surface area contributed by atoms with Gasteiger partial charge in [0.15, 0.2) is 47.5 Å². The molecule has 3 saturated heterocycles. The molecule has 8 aliphatic rings. The molecule has 6 amide bonds. The van der Waals surface area contributed by atoms with Crippen molar-refractivity contribution >= 4 is 76.9 Å². The second-order valence-electron chi connectivity index (χ2n) is 31.4. The smallest absolute Gasteiger partial charge is 0.416 e. The first-order valence-corrected chi connectivity index (χ1v) is 40.8. The minimum absolute atomic E-state index is 0.00166. The van der Waals surface area contributed by atoms with Crippen molar-refractivity contribution in [3.63, 3.8) is 0 Å². The summed E-state index contributed by atoms with van der Waals surface area (Å²) >= 11 is 0. The van der Waals surface area contributed by atoms with Gasteiger partial charge in [-0.15, -0.1) is 0 Å². The van der Waals surface area contributed by atoms with E-state index in [1.54, 1.807) is 23.1 Å². The van der Waals surface area contributed by atoms with Crippen LogP contribution in [0.25, 0.3) is 11.1 Å². The summed E-state index contributed by atoms with van der Waals surface area (Å²) in [4.78, 5) is 142. The summed E-state index contributed by atoms with van der Waals surface area (Å²) in [5.41, 5.74) is 6.29. The molecule has 14 rings (SSSR count). The molecular formula is C89H100N6O28. The molecule has 34 heteroatoms. The first kappa shape index (κ1) is 87.3. The standard InChI is InChI=1S/C89H100N6O28/c1-8-28-114-86(105)92-45-58-43-88(23-24-88)50-93(58)80(100)63-39-71(107-5)73(41-67(63)92)115-46-55-14-13-15-56(37-55)47-116-74-42-68-64(40-72(74)108-6)81(101)94-51-89(25-26-89)44-69(94)82(102)95(68)87(106)118-48-57-20-21-70(122-84-79(121-54(4)98)77(120-53(3)97)76(119-52(2)96)78(123-84)83(103)109-7)66(38-57)91-75(99)22-29-110-31-33-112-35-36-113-34-32-111-30-27-90-85(104)117-49-65-61-18-11-9-16-59(61)60-17-10-12-19-62(60)65/h8-21,37-42,58,65,69,76-79,82,84,102H,1,22-36,43-51H2,2-7H3,(H,90,104)(H,91,99)/t58-,69-,76+,77+,78+,79-,82-,84-/m0/s1. The lowest BCUT2D eigenvalue weighted by Crippen LogP contribution is -2.64. The Kier molecular flexibility index (Phi) is 27.7. The van der Waals surface area contributed by atoms with Gasteiger partial charge >= 0.3 is 42.2 Å². The number of ether oxygens (including phenoxy) is 17. The summed E-state index contributed by atoms with van der Waals surface area (Å²) in [5.74, 6) is -4.76. The van der Waals surface area contributed by atoms with Crippen LogP contribution in [0.4, 0.5) is 31.4 Å². The summed E-state index contributed by atoms with van der Waals surface area (Å²) in [6.07, 6.45) is -6.86. The molecule has 5 aliphatic heterocycles. The number of hydrogen-bond donors (Lipinski definition) is 3. The van der Waals surface area contributed by atoms with E-state index in [9.17, 15) is 48.3 Å². The SMILES string of the molecule is C=CCOC(=O)N1C[C@@H]2CC3(CC3)CN2C(=O)c2cc(OC)c(OCc3cccc(COc4cc5c(cc4OC)C(=O)N4CC6(CC6)C[C@H]4[C@H](O)N5C(=O)OCc4ccc(O[C@H]5O[C@@H](C(=O)OC)[C@H](OC(C)=O)[C@@H](OC(C)=O)[C@@H]5OC(C)=O)c(NC(=O)CCOCCOCCOCCOCCNC(=O)OCC5c6ccccc6-c6ccccc65)c4)c3)cc21. The molecule has 123 heavy (non-hydrogen) atoms. The van der Waals surface area contributed by atoms with Crippen molar-refractivity contribution in [2.75, 3.05) is 129 Å². The highest BCUT2D eigenvalue weighted by Crippen LogP contribution is 2.58. The quantitative estimate of drug-likeness (QED) is 0.0143. The average Bonchev–Trinajstić information content (AvgIpc) is 1.56. The van der Waals surface area contributed by atoms with E-state index in [0.29, 0.717) is 36.3 Å². The predicted molar refractivity (Wildman–Crippen MR) is 435 cm³/mol. The number of nitrogens with zero attached hydrogens (tertiary/aromatic N) is 4. The molecular weight excluding hydrogens is 1600 g/mol. The van der Waals surface area contributed by atoms with Crippen molar-refractivity contribution in [2.45, 2.75) is 140 Å². The normalized spacial score (nSPS) is 20.8. The number of esters is 4. The number of benzene rings is 6. The molecule has 3 N–H and O–H groups in total. The van der Waals surface area contributed by atoms with E-state index in [-0.39, 0.29) is 184 Å². The minimum atomic E-state index is -1.87. The first-order valence-electron chi connectivity index (χ1n) is 40.8. The molecule has 2 saturated carbocycles. The number of fused-ring (bicyclic) bond motifs is 7. The Morgan fingerprint density at radius 1 is 0.561 bits per heavy atom. The van der Waals surface area contributed by atoms with E-state index in [2.05, 4.69) is 41.5 Å². The Balaban J connectivity index is 0.623. The zero-order valence-corrected chi connectivity index (χ0v) is 69.2. The number of rotatable bonds is 36. The minimum Gasteiger partial charge on any atom is -0.493 e. The zero-order valence-electron chi connectivity index (χ0n) is 69.2. The third-order valence-corrected chi connectivity index (χ3v) is 22.9. The van der Waals surface area contributed by atoms with Crippen molar-refractivity contribution in [1.29, 1.82) is 0 Å². The summed E-state index contributed by atoms with van der Waals surface area (Å²) in [7, 11) is 3.89. The highest BCUT2D eigenvalue weighted by molar-refractivity contribution is 6.07. The number of anilines is 3. The fourth-order valence-corrected chi connectivity index (χ4v) is 16.7. The van der Waals surface area contributed by atoms with Gasteiger partial charge in [0.2, 0.25) is 18.3 Å². The number of carbonyl (C=O) groups is 10. The Labute approximate surface area is 709 Å². The summed E-state index contributed by atoms with van der Waals surface area (Å²) in [6, 6.07) is 32.6. The number of aliphatic hydroxyl groups is 1. The average molecular weight is 1700 g/mol. The Bertz CT molecular complexity index is 4910. The number of methoxy groups -OCH3 is 3. The van der Waals surface area contributed by atoms with E-state index in [4.69, 9.17) is 80.5 Å². The molecule has 5 heterocycles. The molecule has 6 aromatic rings. The van der Waals surface area contributed by atoms with Crippen molar-refractivity contribution in [1.82, 2.24) is 15.1 Å². The van der Waals surface area contributed by atoms with Crippen LogP contribution in [0.5, 0.6) is 28.7 Å². The highest BCUT2D eigenvalue weighted by atomic mass is 16.7. The van der Waals surface area contributed by atoms with Gasteiger partial charge in [0.1, 0.15) is 38.8 Å². The van der Waals surface area contributed by atoms with Crippen molar-refractivity contribution in [2.24, 2.45) is 10.8 Å². The second-order valence-corrected chi connectivity index (χ2v) is 31.4. The fraction of sp³-hybridized carbons (Fsp3) is 0.461. The van der Waals surface area contributed by atoms with Crippen LogP contribution >= 0.6 is 0 Å². The molecule has 0 radical (unpaired) electrons. The number of carbonyl (C=O) groups excluding carboxylic acids is 10. The van der Waals surface area contributed by atoms with Gasteiger partial charge in [-0.3, -0.25) is 33.7 Å². The van der Waals surface area contributed by atoms with Crippen molar-refractivity contribution in [3.8, 4) is 39.9 Å². The van der Waals surface area contributed by atoms with Crippen LogP contribution in [0.3, 0.4) is 0 Å². The molecule has 34 nitrogen and oxygen atoms in total. The third-order valence-electron chi connectivity index (χ3n) is 22.9. The number of hydrogen-bond acceptors (Lipinski definition) is 28. The number of amides is 6. The number of alkyl carbamates (subject to hydrolysis) is 1. The van der Waals surface area contributed by atoms with Crippen LogP contribution in [0.15, 0.2) is 128 Å². The van der Waals surface area contributed by atoms with E-state index in [1.807, 2.05) is 47.4 Å². The van der Waals surface area contributed by atoms with E-state index < -0.39 is 104 Å². The van der Waals surface area contributed by atoms with Gasteiger partial charge in [0.25, 0.3) is 11.8 Å². The van der Waals surface area contributed by atoms with Gasteiger partial charge in [-0.2, -0.15) is 0 Å².